The third kappa shape index (κ3) is 2.18. The van der Waals surface area contributed by atoms with Gasteiger partial charge in [-0.3, -0.25) is 5.10 Å². The first-order chi connectivity index (χ1) is 7.72. The van der Waals surface area contributed by atoms with E-state index in [-0.39, 0.29) is 6.04 Å². The van der Waals surface area contributed by atoms with Crippen LogP contribution in [0.4, 0.5) is 0 Å². The van der Waals surface area contributed by atoms with Crippen molar-refractivity contribution in [2.24, 2.45) is 0 Å². The van der Waals surface area contributed by atoms with E-state index in [1.807, 2.05) is 31.3 Å². The van der Waals surface area contributed by atoms with Gasteiger partial charge >= 0.3 is 0 Å². The number of aromatic nitrogens is 2. The quantitative estimate of drug-likeness (QED) is 0.907. The van der Waals surface area contributed by atoms with Crippen LogP contribution in [0, 0.1) is 0 Å². The Balaban J connectivity index is 2.35. The lowest BCUT2D eigenvalue weighted by atomic mass is 10.1. The third-order valence-corrected chi connectivity index (χ3v) is 3.34. The monoisotopic (exact) mass is 279 g/mol. The average molecular weight is 280 g/mol. The number of rotatable bonds is 3. The second kappa shape index (κ2) is 4.80. The molecule has 0 aliphatic rings. The number of H-pyrrole nitrogens is 1. The molecular formula is C12H14BrN3. The molecule has 1 heterocycles. The summed E-state index contributed by atoms with van der Waals surface area (Å²) >= 11 is 3.53. The zero-order valence-corrected chi connectivity index (χ0v) is 10.9. The molecule has 1 aromatic heterocycles. The predicted molar refractivity (Wildman–Crippen MR) is 69.2 cm³/mol. The van der Waals surface area contributed by atoms with E-state index in [1.54, 1.807) is 0 Å². The molecule has 0 spiro atoms. The van der Waals surface area contributed by atoms with Gasteiger partial charge in [-0.05, 0) is 26.1 Å². The lowest BCUT2D eigenvalue weighted by molar-refractivity contribution is 0.630. The number of benzene rings is 1. The molecule has 4 heteroatoms. The number of aromatic amines is 1. The summed E-state index contributed by atoms with van der Waals surface area (Å²) in [6, 6.07) is 10.4. The van der Waals surface area contributed by atoms with E-state index in [0.29, 0.717) is 0 Å². The molecule has 0 saturated carbocycles. The maximum absolute atomic E-state index is 4.32. The molecule has 1 unspecified atom stereocenters. The van der Waals surface area contributed by atoms with Crippen molar-refractivity contribution in [3.8, 4) is 11.3 Å². The van der Waals surface area contributed by atoms with Crippen LogP contribution in [0.15, 0.2) is 34.8 Å². The maximum atomic E-state index is 4.32. The molecule has 1 aromatic carbocycles. The molecule has 0 aliphatic heterocycles. The van der Waals surface area contributed by atoms with Crippen molar-refractivity contribution in [1.82, 2.24) is 15.5 Å². The number of halogens is 1. The van der Waals surface area contributed by atoms with Crippen molar-refractivity contribution in [3.05, 3.63) is 40.5 Å². The fraction of sp³-hybridized carbons (Fsp3) is 0.250. The Kier molecular flexibility index (Phi) is 3.41. The van der Waals surface area contributed by atoms with Gasteiger partial charge in [-0.2, -0.15) is 5.10 Å². The van der Waals surface area contributed by atoms with Gasteiger partial charge in [-0.25, -0.2) is 0 Å². The van der Waals surface area contributed by atoms with Crippen molar-refractivity contribution >= 4 is 15.9 Å². The molecule has 0 fully saturated rings. The SMILES string of the molecule is CNC(C)c1cc(-c2ccccc2Br)n[nH]1. The van der Waals surface area contributed by atoms with E-state index >= 15 is 0 Å². The summed E-state index contributed by atoms with van der Waals surface area (Å²) in [6.45, 7) is 2.09. The molecule has 0 aliphatic carbocycles. The Labute approximate surface area is 103 Å². The summed E-state index contributed by atoms with van der Waals surface area (Å²) in [5.41, 5.74) is 3.16. The first-order valence-electron chi connectivity index (χ1n) is 5.20. The molecule has 0 bridgehead atoms. The second-order valence-corrected chi connectivity index (χ2v) is 4.55. The molecule has 84 valence electrons. The van der Waals surface area contributed by atoms with Crippen LogP contribution in [0.25, 0.3) is 11.3 Å². The normalized spacial score (nSPS) is 12.7. The third-order valence-electron chi connectivity index (χ3n) is 2.65. The summed E-state index contributed by atoms with van der Waals surface area (Å²) in [5, 5.41) is 10.5. The largest absolute Gasteiger partial charge is 0.312 e. The van der Waals surface area contributed by atoms with E-state index in [1.165, 1.54) is 0 Å². The maximum Gasteiger partial charge on any atom is 0.0935 e. The fourth-order valence-electron chi connectivity index (χ4n) is 1.52. The van der Waals surface area contributed by atoms with Gasteiger partial charge < -0.3 is 5.32 Å². The molecule has 2 rings (SSSR count). The highest BCUT2D eigenvalue weighted by Crippen LogP contribution is 2.27. The first-order valence-corrected chi connectivity index (χ1v) is 5.99. The van der Waals surface area contributed by atoms with Crippen molar-refractivity contribution < 1.29 is 0 Å². The molecule has 16 heavy (non-hydrogen) atoms. The van der Waals surface area contributed by atoms with Crippen LogP contribution in [0.3, 0.4) is 0 Å². The zero-order valence-electron chi connectivity index (χ0n) is 9.29. The number of nitrogens with one attached hydrogen (secondary N) is 2. The highest BCUT2D eigenvalue weighted by molar-refractivity contribution is 9.10. The Hall–Kier alpha value is -1.13. The van der Waals surface area contributed by atoms with Gasteiger partial charge in [0.1, 0.15) is 0 Å². The summed E-state index contributed by atoms with van der Waals surface area (Å²) in [4.78, 5) is 0. The van der Waals surface area contributed by atoms with Crippen molar-refractivity contribution in [2.45, 2.75) is 13.0 Å². The standard InChI is InChI=1S/C12H14BrN3/c1-8(14-2)11-7-12(16-15-11)9-5-3-4-6-10(9)13/h3-8,14H,1-2H3,(H,15,16). The minimum absolute atomic E-state index is 0.281. The minimum atomic E-state index is 0.281. The minimum Gasteiger partial charge on any atom is -0.312 e. The van der Waals surface area contributed by atoms with E-state index in [9.17, 15) is 0 Å². The molecule has 3 nitrogen and oxygen atoms in total. The highest BCUT2D eigenvalue weighted by Gasteiger charge is 2.10. The molecule has 2 aromatic rings. The lowest BCUT2D eigenvalue weighted by Crippen LogP contribution is -2.12. The van der Waals surface area contributed by atoms with E-state index in [4.69, 9.17) is 0 Å². The van der Waals surface area contributed by atoms with Crippen LogP contribution in [-0.2, 0) is 0 Å². The average Bonchev–Trinajstić information content (AvgIpc) is 2.78. The predicted octanol–water partition coefficient (Wildman–Crippen LogP) is 3.12. The van der Waals surface area contributed by atoms with Crippen molar-refractivity contribution in [1.29, 1.82) is 0 Å². The first kappa shape index (κ1) is 11.4. The highest BCUT2D eigenvalue weighted by atomic mass is 79.9. The lowest BCUT2D eigenvalue weighted by Gasteiger charge is -2.05. The van der Waals surface area contributed by atoms with Gasteiger partial charge in [-0.15, -0.1) is 0 Å². The smallest absolute Gasteiger partial charge is 0.0935 e. The molecule has 2 N–H and O–H groups in total. The van der Waals surface area contributed by atoms with E-state index < -0.39 is 0 Å². The number of hydrogen-bond donors (Lipinski definition) is 2. The summed E-state index contributed by atoms with van der Waals surface area (Å²) in [6.07, 6.45) is 0. The molecule has 1 atom stereocenters. The van der Waals surface area contributed by atoms with Crippen LogP contribution in [-0.4, -0.2) is 17.2 Å². The summed E-state index contributed by atoms with van der Waals surface area (Å²) < 4.78 is 1.06. The Morgan fingerprint density at radius 1 is 1.38 bits per heavy atom. The van der Waals surface area contributed by atoms with Crippen LogP contribution >= 0.6 is 15.9 Å². The van der Waals surface area contributed by atoms with Crippen LogP contribution in [0.2, 0.25) is 0 Å². The van der Waals surface area contributed by atoms with Crippen LogP contribution < -0.4 is 5.32 Å². The summed E-state index contributed by atoms with van der Waals surface area (Å²) in [5.74, 6) is 0. The van der Waals surface area contributed by atoms with Crippen LogP contribution in [0.1, 0.15) is 18.7 Å². The number of nitrogens with zero attached hydrogens (tertiary/aromatic N) is 1. The van der Waals surface area contributed by atoms with Crippen molar-refractivity contribution in [2.75, 3.05) is 7.05 Å². The van der Waals surface area contributed by atoms with E-state index in [0.717, 1.165) is 21.4 Å². The fourth-order valence-corrected chi connectivity index (χ4v) is 2.01. The van der Waals surface area contributed by atoms with Crippen LogP contribution in [0.5, 0.6) is 0 Å². The van der Waals surface area contributed by atoms with Gasteiger partial charge in [0.2, 0.25) is 0 Å². The van der Waals surface area contributed by atoms with Gasteiger partial charge in [-0.1, -0.05) is 34.1 Å². The van der Waals surface area contributed by atoms with E-state index in [2.05, 4.69) is 44.4 Å². The molecule has 0 radical (unpaired) electrons. The topological polar surface area (TPSA) is 40.7 Å². The van der Waals surface area contributed by atoms with Gasteiger partial charge in [0.05, 0.1) is 11.4 Å². The zero-order chi connectivity index (χ0) is 11.5. The Bertz CT molecular complexity index is 479. The van der Waals surface area contributed by atoms with Gasteiger partial charge in [0.15, 0.2) is 0 Å². The Morgan fingerprint density at radius 2 is 2.12 bits per heavy atom. The molecule has 0 amide bonds. The van der Waals surface area contributed by atoms with Crippen molar-refractivity contribution in [3.63, 3.8) is 0 Å². The molecule has 0 saturated heterocycles. The Morgan fingerprint density at radius 3 is 2.81 bits per heavy atom. The second-order valence-electron chi connectivity index (χ2n) is 3.70. The molecular weight excluding hydrogens is 266 g/mol. The van der Waals surface area contributed by atoms with Gasteiger partial charge in [0.25, 0.3) is 0 Å². The number of hydrogen-bond acceptors (Lipinski definition) is 2. The summed E-state index contributed by atoms with van der Waals surface area (Å²) in [7, 11) is 1.93. The van der Waals surface area contributed by atoms with Gasteiger partial charge in [0, 0.05) is 16.1 Å².